The standard InChI is InChI=1S/C8H11N2/c1-3-4-8-9-6-5-7(2)10-8/h5H,3-4H2,1-2H3. The summed E-state index contributed by atoms with van der Waals surface area (Å²) in [5.74, 6) is 0.905. The molecular formula is C8H11N2. The SMILES string of the molecule is CCCc1n[c]cc(C)n1. The van der Waals surface area contributed by atoms with Gasteiger partial charge in [-0.15, -0.1) is 0 Å². The first-order chi connectivity index (χ1) is 4.83. The van der Waals surface area contributed by atoms with Crippen LogP contribution in [-0.2, 0) is 6.42 Å². The summed E-state index contributed by atoms with van der Waals surface area (Å²) >= 11 is 0. The molecule has 0 unspecified atom stereocenters. The first kappa shape index (κ1) is 7.19. The van der Waals surface area contributed by atoms with E-state index < -0.39 is 0 Å². The third-order valence-corrected chi connectivity index (χ3v) is 1.25. The number of aromatic nitrogens is 2. The van der Waals surface area contributed by atoms with Crippen molar-refractivity contribution in [2.24, 2.45) is 0 Å². The second kappa shape index (κ2) is 3.30. The summed E-state index contributed by atoms with van der Waals surface area (Å²) in [5, 5.41) is 0. The van der Waals surface area contributed by atoms with Gasteiger partial charge in [0.1, 0.15) is 5.82 Å². The van der Waals surface area contributed by atoms with Crippen molar-refractivity contribution in [1.29, 1.82) is 0 Å². The van der Waals surface area contributed by atoms with E-state index in [1.54, 1.807) is 6.07 Å². The quantitative estimate of drug-likeness (QED) is 0.614. The maximum Gasteiger partial charge on any atom is 0.129 e. The molecule has 0 bridgehead atoms. The summed E-state index contributed by atoms with van der Waals surface area (Å²) in [6.07, 6.45) is 4.85. The molecule has 0 spiro atoms. The zero-order chi connectivity index (χ0) is 7.40. The maximum atomic E-state index is 4.22. The van der Waals surface area contributed by atoms with Crippen LogP contribution in [0.25, 0.3) is 0 Å². The molecule has 0 fully saturated rings. The number of hydrogen-bond acceptors (Lipinski definition) is 2. The van der Waals surface area contributed by atoms with E-state index in [1.165, 1.54) is 0 Å². The Bertz CT molecular complexity index is 208. The van der Waals surface area contributed by atoms with Crippen molar-refractivity contribution in [3.05, 3.63) is 23.8 Å². The predicted molar refractivity (Wildman–Crippen MR) is 39.6 cm³/mol. The van der Waals surface area contributed by atoms with E-state index in [-0.39, 0.29) is 0 Å². The van der Waals surface area contributed by atoms with E-state index in [4.69, 9.17) is 0 Å². The van der Waals surface area contributed by atoms with Gasteiger partial charge in [0.2, 0.25) is 0 Å². The monoisotopic (exact) mass is 135 g/mol. The molecule has 0 N–H and O–H groups in total. The molecule has 2 nitrogen and oxygen atoms in total. The highest BCUT2D eigenvalue weighted by Crippen LogP contribution is 1.95. The lowest BCUT2D eigenvalue weighted by atomic mass is 10.3. The van der Waals surface area contributed by atoms with Crippen molar-refractivity contribution >= 4 is 0 Å². The lowest BCUT2D eigenvalue weighted by molar-refractivity contribution is 0.823. The normalized spacial score (nSPS) is 9.80. The van der Waals surface area contributed by atoms with Crippen LogP contribution >= 0.6 is 0 Å². The van der Waals surface area contributed by atoms with Crippen LogP contribution in [0, 0.1) is 13.1 Å². The van der Waals surface area contributed by atoms with Crippen molar-refractivity contribution < 1.29 is 0 Å². The highest BCUT2D eigenvalue weighted by atomic mass is 14.9. The first-order valence-electron chi connectivity index (χ1n) is 3.53. The molecule has 0 saturated heterocycles. The number of hydrogen-bond donors (Lipinski definition) is 0. The van der Waals surface area contributed by atoms with Gasteiger partial charge in [0.05, 0.1) is 6.20 Å². The largest absolute Gasteiger partial charge is 0.238 e. The Morgan fingerprint density at radius 3 is 3.00 bits per heavy atom. The molecule has 1 rings (SSSR count). The molecule has 2 heteroatoms. The predicted octanol–water partition coefficient (Wildman–Crippen LogP) is 1.54. The Hall–Kier alpha value is -0.920. The summed E-state index contributed by atoms with van der Waals surface area (Å²) in [5.41, 5.74) is 0.999. The zero-order valence-electron chi connectivity index (χ0n) is 6.39. The van der Waals surface area contributed by atoms with Crippen molar-refractivity contribution in [2.45, 2.75) is 26.7 Å². The maximum absolute atomic E-state index is 4.22. The van der Waals surface area contributed by atoms with Gasteiger partial charge in [0, 0.05) is 12.1 Å². The Kier molecular flexibility index (Phi) is 2.37. The third-order valence-electron chi connectivity index (χ3n) is 1.25. The van der Waals surface area contributed by atoms with Crippen LogP contribution in [-0.4, -0.2) is 9.97 Å². The van der Waals surface area contributed by atoms with Crippen molar-refractivity contribution in [3.63, 3.8) is 0 Å². The molecule has 0 saturated carbocycles. The molecule has 0 aliphatic carbocycles. The molecule has 0 aromatic carbocycles. The molecule has 1 heterocycles. The highest BCUT2D eigenvalue weighted by molar-refractivity contribution is 4.98. The van der Waals surface area contributed by atoms with E-state index in [0.29, 0.717) is 0 Å². The van der Waals surface area contributed by atoms with Gasteiger partial charge in [-0.25, -0.2) is 9.97 Å². The van der Waals surface area contributed by atoms with Crippen LogP contribution < -0.4 is 0 Å². The Balaban J connectivity index is 2.75. The number of rotatable bonds is 2. The van der Waals surface area contributed by atoms with Crippen LogP contribution in [0.15, 0.2) is 6.07 Å². The van der Waals surface area contributed by atoms with E-state index in [1.807, 2.05) is 6.92 Å². The third kappa shape index (κ3) is 1.79. The van der Waals surface area contributed by atoms with E-state index >= 15 is 0 Å². The van der Waals surface area contributed by atoms with Crippen LogP contribution in [0.5, 0.6) is 0 Å². The highest BCUT2D eigenvalue weighted by Gasteiger charge is 1.92. The average Bonchev–Trinajstić information content (AvgIpc) is 1.88. The molecule has 1 radical (unpaired) electrons. The van der Waals surface area contributed by atoms with Crippen LogP contribution in [0.3, 0.4) is 0 Å². The molecule has 1 aromatic heterocycles. The van der Waals surface area contributed by atoms with E-state index in [0.717, 1.165) is 24.4 Å². The topological polar surface area (TPSA) is 25.8 Å². The first-order valence-corrected chi connectivity index (χ1v) is 3.53. The molecule has 1 aromatic rings. The lowest BCUT2D eigenvalue weighted by Crippen LogP contribution is -1.94. The number of aryl methyl sites for hydroxylation is 2. The molecule has 10 heavy (non-hydrogen) atoms. The molecule has 0 aliphatic rings. The molecule has 53 valence electrons. The summed E-state index contributed by atoms with van der Waals surface area (Å²) < 4.78 is 0. The summed E-state index contributed by atoms with van der Waals surface area (Å²) in [7, 11) is 0. The summed E-state index contributed by atoms with van der Waals surface area (Å²) in [6, 6.07) is 1.79. The summed E-state index contributed by atoms with van der Waals surface area (Å²) in [6.45, 7) is 4.07. The van der Waals surface area contributed by atoms with Crippen molar-refractivity contribution in [1.82, 2.24) is 9.97 Å². The number of nitrogens with zero attached hydrogens (tertiary/aromatic N) is 2. The van der Waals surface area contributed by atoms with Crippen LogP contribution in [0.2, 0.25) is 0 Å². The fourth-order valence-corrected chi connectivity index (χ4v) is 0.796. The second-order valence-corrected chi connectivity index (χ2v) is 2.30. The van der Waals surface area contributed by atoms with Gasteiger partial charge in [0.15, 0.2) is 0 Å². The van der Waals surface area contributed by atoms with E-state index in [2.05, 4.69) is 23.1 Å². The Morgan fingerprint density at radius 2 is 2.40 bits per heavy atom. The fourth-order valence-electron chi connectivity index (χ4n) is 0.796. The zero-order valence-corrected chi connectivity index (χ0v) is 6.39. The Morgan fingerprint density at radius 1 is 1.60 bits per heavy atom. The van der Waals surface area contributed by atoms with Gasteiger partial charge in [-0.05, 0) is 19.4 Å². The van der Waals surface area contributed by atoms with Crippen molar-refractivity contribution in [2.75, 3.05) is 0 Å². The van der Waals surface area contributed by atoms with Gasteiger partial charge in [0.25, 0.3) is 0 Å². The van der Waals surface area contributed by atoms with Gasteiger partial charge in [-0.3, -0.25) is 0 Å². The van der Waals surface area contributed by atoms with Gasteiger partial charge in [-0.2, -0.15) is 0 Å². The molecule has 0 atom stereocenters. The average molecular weight is 135 g/mol. The molecular weight excluding hydrogens is 124 g/mol. The lowest BCUT2D eigenvalue weighted by Gasteiger charge is -1.95. The Labute approximate surface area is 61.3 Å². The van der Waals surface area contributed by atoms with E-state index in [9.17, 15) is 0 Å². The van der Waals surface area contributed by atoms with Crippen LogP contribution in [0.4, 0.5) is 0 Å². The minimum atomic E-state index is 0.905. The molecule has 0 amide bonds. The smallest absolute Gasteiger partial charge is 0.129 e. The second-order valence-electron chi connectivity index (χ2n) is 2.30. The van der Waals surface area contributed by atoms with Crippen LogP contribution in [0.1, 0.15) is 24.9 Å². The van der Waals surface area contributed by atoms with Gasteiger partial charge >= 0.3 is 0 Å². The minimum Gasteiger partial charge on any atom is -0.238 e. The summed E-state index contributed by atoms with van der Waals surface area (Å²) in [4.78, 5) is 8.21. The van der Waals surface area contributed by atoms with Crippen molar-refractivity contribution in [3.8, 4) is 0 Å². The fraction of sp³-hybridized carbons (Fsp3) is 0.500. The van der Waals surface area contributed by atoms with Gasteiger partial charge in [-0.1, -0.05) is 6.92 Å². The molecule has 0 aliphatic heterocycles. The minimum absolute atomic E-state index is 0.905. The van der Waals surface area contributed by atoms with Gasteiger partial charge < -0.3 is 0 Å².